The fourth-order valence-electron chi connectivity index (χ4n) is 3.30. The molecule has 116 valence electrons. The number of nitrogens with zero attached hydrogens (tertiary/aromatic N) is 1. The number of carbonyl (C=O) groups is 2. The maximum absolute atomic E-state index is 12.7. The number of ether oxygens (including phenoxy) is 1. The molecule has 1 heterocycles. The van der Waals surface area contributed by atoms with Crippen molar-refractivity contribution in [2.45, 2.75) is 38.2 Å². The second-order valence-corrected chi connectivity index (χ2v) is 5.99. The van der Waals surface area contributed by atoms with Gasteiger partial charge >= 0.3 is 5.97 Å². The van der Waals surface area contributed by atoms with E-state index in [1.165, 1.54) is 19.1 Å². The molecule has 0 saturated heterocycles. The maximum atomic E-state index is 12.7. The summed E-state index contributed by atoms with van der Waals surface area (Å²) >= 11 is 0. The van der Waals surface area contributed by atoms with E-state index in [2.05, 4.69) is 4.99 Å². The lowest BCUT2D eigenvalue weighted by molar-refractivity contribution is -0.168. The minimum atomic E-state index is -2.35. The summed E-state index contributed by atoms with van der Waals surface area (Å²) in [6, 6.07) is 6.29. The summed E-state index contributed by atoms with van der Waals surface area (Å²) in [7, 11) is 0. The van der Waals surface area contributed by atoms with Crippen LogP contribution in [-0.4, -0.2) is 39.4 Å². The molecule has 0 amide bonds. The van der Waals surface area contributed by atoms with Crippen LogP contribution in [0.3, 0.4) is 0 Å². The van der Waals surface area contributed by atoms with Crippen molar-refractivity contribution in [3.05, 3.63) is 35.4 Å². The Morgan fingerprint density at radius 3 is 2.59 bits per heavy atom. The fraction of sp³-hybridized carbons (Fsp3) is 0.438. The van der Waals surface area contributed by atoms with Crippen LogP contribution in [0.1, 0.15) is 36.7 Å². The number of aliphatic imine (C=N–C) groups is 1. The van der Waals surface area contributed by atoms with Crippen LogP contribution in [-0.2, 0) is 15.3 Å². The van der Waals surface area contributed by atoms with Gasteiger partial charge in [0.15, 0.2) is 5.60 Å². The molecule has 3 atom stereocenters. The Hall–Kier alpha value is -2.05. The van der Waals surface area contributed by atoms with Crippen molar-refractivity contribution in [1.82, 2.24) is 0 Å². The van der Waals surface area contributed by atoms with E-state index < -0.39 is 35.1 Å². The summed E-state index contributed by atoms with van der Waals surface area (Å²) in [6.07, 6.45) is -0.406. The van der Waals surface area contributed by atoms with Crippen molar-refractivity contribution >= 4 is 17.5 Å². The zero-order chi connectivity index (χ0) is 16.3. The molecule has 1 aliphatic carbocycles. The van der Waals surface area contributed by atoms with E-state index in [9.17, 15) is 19.8 Å². The number of Topliss-reactive ketones (excluding diaryl/α,β-unsaturated/α-hetero) is 1. The minimum absolute atomic E-state index is 0.172. The predicted molar refractivity (Wildman–Crippen MR) is 77.4 cm³/mol. The highest BCUT2D eigenvalue weighted by atomic mass is 16.5. The lowest BCUT2D eigenvalue weighted by Gasteiger charge is -2.32. The molecule has 2 aliphatic rings. The van der Waals surface area contributed by atoms with Crippen LogP contribution in [0.4, 0.5) is 0 Å². The van der Waals surface area contributed by atoms with Crippen molar-refractivity contribution < 1.29 is 24.5 Å². The minimum Gasteiger partial charge on any atom is -0.462 e. The number of hydrogen-bond acceptors (Lipinski definition) is 6. The first-order chi connectivity index (χ1) is 10.2. The van der Waals surface area contributed by atoms with Gasteiger partial charge in [0.1, 0.15) is 5.92 Å². The van der Waals surface area contributed by atoms with Gasteiger partial charge < -0.3 is 14.9 Å². The standard InChI is InChI=1S/C16H17NO5/c1-8(2)22-14(19)12-9(3)17-16(21)11-7-5-4-6-10(11)13(18)15(12,16)20/h4-8,12,20-21H,1-3H3/t12?,15-,16-/m1/s1. The topological polar surface area (TPSA) is 96.2 Å². The van der Waals surface area contributed by atoms with Crippen LogP contribution in [0.25, 0.3) is 0 Å². The summed E-state index contributed by atoms with van der Waals surface area (Å²) in [6.45, 7) is 4.83. The second-order valence-electron chi connectivity index (χ2n) is 5.99. The maximum Gasteiger partial charge on any atom is 0.318 e. The highest BCUT2D eigenvalue weighted by Gasteiger charge is 2.72. The molecule has 3 rings (SSSR count). The summed E-state index contributed by atoms with van der Waals surface area (Å²) < 4.78 is 5.13. The van der Waals surface area contributed by atoms with Crippen LogP contribution in [0, 0.1) is 5.92 Å². The van der Waals surface area contributed by atoms with Gasteiger partial charge in [0.2, 0.25) is 11.5 Å². The molecule has 1 aromatic rings. The van der Waals surface area contributed by atoms with Crippen LogP contribution in [0.2, 0.25) is 0 Å². The Morgan fingerprint density at radius 2 is 1.95 bits per heavy atom. The lowest BCUT2D eigenvalue weighted by Crippen LogP contribution is -2.56. The Kier molecular flexibility index (Phi) is 3.02. The van der Waals surface area contributed by atoms with Crippen molar-refractivity contribution in [3.63, 3.8) is 0 Å². The average molecular weight is 303 g/mol. The molecule has 6 heteroatoms. The van der Waals surface area contributed by atoms with E-state index in [1.54, 1.807) is 26.0 Å². The number of ketones is 1. The zero-order valence-electron chi connectivity index (χ0n) is 12.5. The quantitative estimate of drug-likeness (QED) is 0.788. The molecule has 0 radical (unpaired) electrons. The number of rotatable bonds is 2. The highest BCUT2D eigenvalue weighted by Crippen LogP contribution is 2.53. The average Bonchev–Trinajstić information content (AvgIpc) is 2.74. The van der Waals surface area contributed by atoms with E-state index in [0.29, 0.717) is 0 Å². The number of carbonyl (C=O) groups excluding carboxylic acids is 2. The first-order valence-electron chi connectivity index (χ1n) is 7.09. The van der Waals surface area contributed by atoms with Gasteiger partial charge in [-0.1, -0.05) is 24.3 Å². The normalized spacial score (nSPS) is 32.7. The van der Waals surface area contributed by atoms with Crippen molar-refractivity contribution in [2.75, 3.05) is 0 Å². The third-order valence-corrected chi connectivity index (χ3v) is 4.19. The van der Waals surface area contributed by atoms with Crippen LogP contribution < -0.4 is 0 Å². The van der Waals surface area contributed by atoms with Crippen LogP contribution in [0.15, 0.2) is 29.3 Å². The molecule has 0 saturated carbocycles. The van der Waals surface area contributed by atoms with Crippen molar-refractivity contribution in [3.8, 4) is 0 Å². The fourth-order valence-corrected chi connectivity index (χ4v) is 3.30. The molecule has 0 fully saturated rings. The van der Waals surface area contributed by atoms with Crippen molar-refractivity contribution in [1.29, 1.82) is 0 Å². The summed E-state index contributed by atoms with van der Waals surface area (Å²) in [4.78, 5) is 29.0. The Labute approximate surface area is 127 Å². The van der Waals surface area contributed by atoms with E-state index in [1.807, 2.05) is 0 Å². The molecule has 22 heavy (non-hydrogen) atoms. The largest absolute Gasteiger partial charge is 0.462 e. The number of hydrogen-bond donors (Lipinski definition) is 2. The van der Waals surface area contributed by atoms with Gasteiger partial charge in [-0.2, -0.15) is 0 Å². The number of aliphatic hydroxyl groups is 2. The van der Waals surface area contributed by atoms with E-state index in [-0.39, 0.29) is 16.8 Å². The van der Waals surface area contributed by atoms with Gasteiger partial charge in [0.25, 0.3) is 0 Å². The van der Waals surface area contributed by atoms with Gasteiger partial charge in [0.05, 0.1) is 6.10 Å². The van der Waals surface area contributed by atoms with Gasteiger partial charge in [-0.15, -0.1) is 0 Å². The third-order valence-electron chi connectivity index (χ3n) is 4.19. The number of fused-ring (bicyclic) bond motifs is 3. The summed E-state index contributed by atoms with van der Waals surface area (Å²) in [5.41, 5.74) is -3.94. The second kappa shape index (κ2) is 4.47. The summed E-state index contributed by atoms with van der Waals surface area (Å²) in [5.74, 6) is -2.80. The monoisotopic (exact) mass is 303 g/mol. The molecule has 1 aliphatic heterocycles. The van der Waals surface area contributed by atoms with Gasteiger partial charge in [-0.05, 0) is 20.8 Å². The number of esters is 1. The molecular weight excluding hydrogens is 286 g/mol. The molecule has 1 aromatic carbocycles. The van der Waals surface area contributed by atoms with Gasteiger partial charge in [-0.3, -0.25) is 14.6 Å². The van der Waals surface area contributed by atoms with Crippen LogP contribution in [0.5, 0.6) is 0 Å². The molecule has 0 bridgehead atoms. The van der Waals surface area contributed by atoms with Gasteiger partial charge in [0, 0.05) is 16.8 Å². The molecule has 1 unspecified atom stereocenters. The van der Waals surface area contributed by atoms with E-state index in [0.717, 1.165) is 0 Å². The Morgan fingerprint density at radius 1 is 1.32 bits per heavy atom. The Bertz CT molecular complexity index is 710. The first kappa shape index (κ1) is 14.9. The Balaban J connectivity index is 2.16. The lowest BCUT2D eigenvalue weighted by atomic mass is 9.79. The van der Waals surface area contributed by atoms with E-state index in [4.69, 9.17) is 4.74 Å². The SMILES string of the molecule is CC1=N[C@@]2(O)c3ccccc3C(=O)[C@]2(O)C1C(=O)OC(C)C. The molecule has 6 nitrogen and oxygen atoms in total. The third kappa shape index (κ3) is 1.59. The molecule has 0 spiro atoms. The highest BCUT2D eigenvalue weighted by molar-refractivity contribution is 6.18. The van der Waals surface area contributed by atoms with E-state index >= 15 is 0 Å². The number of benzene rings is 1. The zero-order valence-corrected chi connectivity index (χ0v) is 12.5. The summed E-state index contributed by atoms with van der Waals surface area (Å²) in [5, 5.41) is 21.8. The molecular formula is C16H17NO5. The van der Waals surface area contributed by atoms with Crippen molar-refractivity contribution in [2.24, 2.45) is 10.9 Å². The predicted octanol–water partition coefficient (Wildman–Crippen LogP) is 0.801. The molecule has 0 aromatic heterocycles. The van der Waals surface area contributed by atoms with Gasteiger partial charge in [-0.25, -0.2) is 0 Å². The molecule has 2 N–H and O–H groups in total. The smallest absolute Gasteiger partial charge is 0.318 e. The first-order valence-corrected chi connectivity index (χ1v) is 7.09. The van der Waals surface area contributed by atoms with Crippen LogP contribution >= 0.6 is 0 Å².